The van der Waals surface area contributed by atoms with Crippen LogP contribution in [0.4, 0.5) is 0 Å². The van der Waals surface area contributed by atoms with Gasteiger partial charge in [0, 0.05) is 55.7 Å². The molecule has 2 aromatic rings. The Balaban J connectivity index is 1.98. The van der Waals surface area contributed by atoms with E-state index in [9.17, 15) is 44.1 Å². The number of rotatable bonds is 8. The largest absolute Gasteiger partial charge is 0.504 e. The lowest BCUT2D eigenvalue weighted by molar-refractivity contribution is -0.145. The lowest BCUT2D eigenvalue weighted by atomic mass is 9.71. The van der Waals surface area contributed by atoms with Gasteiger partial charge < -0.3 is 24.8 Å². The van der Waals surface area contributed by atoms with Gasteiger partial charge in [0.25, 0.3) is 0 Å². The van der Waals surface area contributed by atoms with Crippen molar-refractivity contribution >= 4 is 35.4 Å². The summed E-state index contributed by atoms with van der Waals surface area (Å²) in [5.41, 5.74) is -2.79. The van der Waals surface area contributed by atoms with E-state index in [1.54, 1.807) is 34.6 Å². The van der Waals surface area contributed by atoms with Gasteiger partial charge in [0.1, 0.15) is 0 Å². The third kappa shape index (κ3) is 4.68. The molecule has 0 aromatic heterocycles. The summed E-state index contributed by atoms with van der Waals surface area (Å²) in [7, 11) is 0. The summed E-state index contributed by atoms with van der Waals surface area (Å²) in [5.74, 6) is -7.30. The number of fused-ring (bicyclic) bond motifs is 2. The molecule has 44 heavy (non-hydrogen) atoms. The van der Waals surface area contributed by atoms with Crippen molar-refractivity contribution in [2.24, 2.45) is 0 Å². The molecule has 0 spiro atoms. The fourth-order valence-electron chi connectivity index (χ4n) is 5.85. The Kier molecular flexibility index (Phi) is 8.37. The van der Waals surface area contributed by atoms with Crippen molar-refractivity contribution in [3.05, 3.63) is 67.3 Å². The van der Waals surface area contributed by atoms with E-state index in [4.69, 9.17) is 9.47 Å². The van der Waals surface area contributed by atoms with Crippen molar-refractivity contribution in [3.63, 3.8) is 0 Å². The number of aldehydes is 1. The number of aromatic hydroxyl groups is 3. The first-order valence-corrected chi connectivity index (χ1v) is 14.0. The lowest BCUT2D eigenvalue weighted by Crippen LogP contribution is -2.31. The fraction of sp³-hybridized carbons (Fsp3) is 0.333. The number of hydrogen-bond donors (Lipinski definition) is 3. The molecule has 3 N–H and O–H groups in total. The second-order valence-electron chi connectivity index (χ2n) is 11.2. The van der Waals surface area contributed by atoms with E-state index in [0.717, 1.165) is 6.07 Å². The van der Waals surface area contributed by atoms with Crippen LogP contribution >= 0.6 is 0 Å². The number of Topliss-reactive ketones (excluding diaryl/α,β-unsaturated/α-hetero) is 4. The highest BCUT2D eigenvalue weighted by molar-refractivity contribution is 6.38. The third-order valence-corrected chi connectivity index (χ3v) is 7.79. The summed E-state index contributed by atoms with van der Waals surface area (Å²) in [5, 5.41) is 32.1. The molecule has 0 unspecified atom stereocenters. The second-order valence-corrected chi connectivity index (χ2v) is 11.2. The first-order chi connectivity index (χ1) is 20.6. The number of hydrogen-bond acceptors (Lipinski definition) is 11. The summed E-state index contributed by atoms with van der Waals surface area (Å²) < 4.78 is 10.4. The van der Waals surface area contributed by atoms with E-state index in [-0.39, 0.29) is 57.6 Å². The van der Waals surface area contributed by atoms with Gasteiger partial charge in [-0.1, -0.05) is 27.7 Å². The zero-order valence-electron chi connectivity index (χ0n) is 25.3. The van der Waals surface area contributed by atoms with Crippen molar-refractivity contribution in [1.82, 2.24) is 0 Å². The van der Waals surface area contributed by atoms with Gasteiger partial charge in [-0.25, -0.2) is 4.79 Å². The number of benzene rings is 2. The molecule has 2 aliphatic rings. The number of carbonyl (C=O) groups excluding carboxylic acids is 6. The monoisotopic (exact) mass is 604 g/mol. The van der Waals surface area contributed by atoms with E-state index in [1.165, 1.54) is 13.8 Å². The molecule has 0 bridgehead atoms. The van der Waals surface area contributed by atoms with Gasteiger partial charge in [0.05, 0.1) is 12.2 Å². The minimum Gasteiger partial charge on any atom is -0.504 e. The SMILES string of the molecule is CCOC(=O)COc1c(O)cc2c(c1C(C)C)C(=O)C(C)=C(C1=C(C)C(=O)c3c(c(C=O)c(O)c(O)c3C(C)C)C1=O)C2=O. The number of phenolic OH excluding ortho intramolecular Hbond substituents is 3. The second kappa shape index (κ2) is 11.6. The molecule has 0 fully saturated rings. The van der Waals surface area contributed by atoms with Gasteiger partial charge in [-0.05, 0) is 38.7 Å². The first kappa shape index (κ1) is 31.9. The summed E-state index contributed by atoms with van der Waals surface area (Å²) in [4.78, 5) is 80.0. The number of esters is 1. The highest BCUT2D eigenvalue weighted by atomic mass is 16.6. The van der Waals surface area contributed by atoms with Gasteiger partial charge in [-0.3, -0.25) is 24.0 Å². The van der Waals surface area contributed by atoms with E-state index < -0.39 is 87.1 Å². The molecule has 11 heteroatoms. The van der Waals surface area contributed by atoms with Gasteiger partial charge in [0.15, 0.2) is 59.0 Å². The highest BCUT2D eigenvalue weighted by Gasteiger charge is 2.44. The molecule has 230 valence electrons. The van der Waals surface area contributed by atoms with Crippen LogP contribution in [0.3, 0.4) is 0 Å². The minimum atomic E-state index is -0.960. The molecule has 11 nitrogen and oxygen atoms in total. The number of allylic oxidation sites excluding steroid dienone is 4. The average Bonchev–Trinajstić information content (AvgIpc) is 2.95. The average molecular weight is 605 g/mol. The molecule has 0 saturated carbocycles. The normalized spacial score (nSPS) is 14.8. The molecule has 2 aromatic carbocycles. The molecule has 0 amide bonds. The van der Waals surface area contributed by atoms with Crippen LogP contribution in [0.2, 0.25) is 0 Å². The zero-order valence-corrected chi connectivity index (χ0v) is 25.3. The minimum absolute atomic E-state index is 0.0382. The van der Waals surface area contributed by atoms with Crippen molar-refractivity contribution in [1.29, 1.82) is 0 Å². The Morgan fingerprint density at radius 2 is 1.34 bits per heavy atom. The Morgan fingerprint density at radius 3 is 1.86 bits per heavy atom. The summed E-state index contributed by atoms with van der Waals surface area (Å²) >= 11 is 0. The van der Waals surface area contributed by atoms with Crippen LogP contribution in [0.15, 0.2) is 28.4 Å². The van der Waals surface area contributed by atoms with Crippen molar-refractivity contribution in [2.75, 3.05) is 13.2 Å². The maximum Gasteiger partial charge on any atom is 0.344 e. The molecular formula is C33H32O11. The highest BCUT2D eigenvalue weighted by Crippen LogP contribution is 2.48. The number of phenols is 3. The van der Waals surface area contributed by atoms with Crippen LogP contribution in [0.25, 0.3) is 0 Å². The van der Waals surface area contributed by atoms with Crippen LogP contribution in [0.1, 0.15) is 123 Å². The van der Waals surface area contributed by atoms with Crippen molar-refractivity contribution < 1.29 is 53.6 Å². The first-order valence-electron chi connectivity index (χ1n) is 14.0. The van der Waals surface area contributed by atoms with Crippen LogP contribution in [0, 0.1) is 0 Å². The van der Waals surface area contributed by atoms with Gasteiger partial charge in [-0.2, -0.15) is 0 Å². The number of carbonyl (C=O) groups is 6. The third-order valence-electron chi connectivity index (χ3n) is 7.79. The molecule has 0 saturated heterocycles. The molecule has 0 aliphatic heterocycles. The Labute approximate surface area is 252 Å². The molecule has 0 radical (unpaired) electrons. The number of ketones is 4. The summed E-state index contributed by atoms with van der Waals surface area (Å²) in [6.45, 7) is 10.4. The molecule has 4 rings (SSSR count). The van der Waals surface area contributed by atoms with Gasteiger partial charge >= 0.3 is 5.97 Å². The predicted molar refractivity (Wildman–Crippen MR) is 156 cm³/mol. The smallest absolute Gasteiger partial charge is 0.344 e. The Morgan fingerprint density at radius 1 is 0.795 bits per heavy atom. The molecule has 2 aliphatic carbocycles. The van der Waals surface area contributed by atoms with Gasteiger partial charge in [-0.15, -0.1) is 0 Å². The topological polar surface area (TPSA) is 182 Å². The molecule has 0 heterocycles. The van der Waals surface area contributed by atoms with Gasteiger partial charge in [0.2, 0.25) is 0 Å². The fourth-order valence-corrected chi connectivity index (χ4v) is 5.85. The van der Waals surface area contributed by atoms with Crippen LogP contribution in [-0.2, 0) is 9.53 Å². The Hall–Kier alpha value is -5.06. The zero-order chi connectivity index (χ0) is 32.9. The predicted octanol–water partition coefficient (Wildman–Crippen LogP) is 4.90. The van der Waals surface area contributed by atoms with E-state index in [2.05, 4.69) is 0 Å². The standard InChI is InChI=1S/C33H32O11/c1-8-43-19(36)11-44-33-18(35)9-16-24(21(33)13(4)5)27(37)14(6)22(29(16)39)23-15(7)28(38)26-20(12(2)3)32(42)30(40)17(10-34)25(26)31(23)41/h9-10,12-13,35,40,42H,8,11H2,1-7H3. The molecule has 0 atom stereocenters. The van der Waals surface area contributed by atoms with Crippen molar-refractivity contribution in [2.45, 2.75) is 60.3 Å². The van der Waals surface area contributed by atoms with Crippen LogP contribution in [-0.4, -0.2) is 63.9 Å². The maximum atomic E-state index is 14.1. The Bertz CT molecular complexity index is 1770. The lowest BCUT2D eigenvalue weighted by Gasteiger charge is -2.29. The van der Waals surface area contributed by atoms with E-state index in [1.807, 2.05) is 0 Å². The molecular weight excluding hydrogens is 572 g/mol. The van der Waals surface area contributed by atoms with Crippen LogP contribution in [0.5, 0.6) is 23.0 Å². The van der Waals surface area contributed by atoms with E-state index in [0.29, 0.717) is 0 Å². The number of ether oxygens (including phenoxy) is 2. The van der Waals surface area contributed by atoms with Crippen LogP contribution < -0.4 is 4.74 Å². The summed E-state index contributed by atoms with van der Waals surface area (Å²) in [6.07, 6.45) is 0.136. The quantitative estimate of drug-likeness (QED) is 0.212. The van der Waals surface area contributed by atoms with Crippen molar-refractivity contribution in [3.8, 4) is 23.0 Å². The maximum absolute atomic E-state index is 14.1. The van der Waals surface area contributed by atoms with E-state index >= 15 is 0 Å². The summed E-state index contributed by atoms with van der Waals surface area (Å²) in [6, 6.07) is 1.00.